The molecular weight excluding hydrogens is 368 g/mol. The molecule has 2 amide bonds. The number of benzene rings is 1. The molecule has 2 aliphatic heterocycles. The molecule has 1 aromatic carbocycles. The molecule has 7 heteroatoms. The molecule has 29 heavy (non-hydrogen) atoms. The van der Waals surface area contributed by atoms with E-state index < -0.39 is 0 Å². The summed E-state index contributed by atoms with van der Waals surface area (Å²) in [4.78, 5) is 36.2. The van der Waals surface area contributed by atoms with Gasteiger partial charge in [-0.05, 0) is 43.2 Å². The number of rotatable bonds is 4. The Morgan fingerprint density at radius 2 is 1.59 bits per heavy atom. The number of hydrogen-bond acceptors (Lipinski definition) is 5. The van der Waals surface area contributed by atoms with E-state index in [2.05, 4.69) is 9.88 Å². The summed E-state index contributed by atoms with van der Waals surface area (Å²) in [5.74, 6) is 1.41. The summed E-state index contributed by atoms with van der Waals surface area (Å²) < 4.78 is 5.21. The minimum atomic E-state index is -0.0323. The van der Waals surface area contributed by atoms with Gasteiger partial charge in [0.15, 0.2) is 0 Å². The summed E-state index contributed by atoms with van der Waals surface area (Å²) in [7, 11) is 1.59. The SMILES string of the molecule is COc1cccc(C(=O)N2CCN(C(=O)c3cccnc3N3CCCC3)CC2)c1. The zero-order valence-electron chi connectivity index (χ0n) is 16.7. The molecule has 0 spiro atoms. The van der Waals surface area contributed by atoms with E-state index in [1.54, 1.807) is 30.3 Å². The van der Waals surface area contributed by atoms with E-state index in [0.717, 1.165) is 31.7 Å². The number of carbonyl (C=O) groups excluding carboxylic acids is 2. The third-order valence-corrected chi connectivity index (χ3v) is 5.59. The van der Waals surface area contributed by atoms with Crippen molar-refractivity contribution in [1.82, 2.24) is 14.8 Å². The van der Waals surface area contributed by atoms with Crippen LogP contribution in [0.1, 0.15) is 33.6 Å². The number of amides is 2. The zero-order valence-corrected chi connectivity index (χ0v) is 16.7. The fourth-order valence-electron chi connectivity index (χ4n) is 3.97. The molecule has 2 aromatic rings. The van der Waals surface area contributed by atoms with Crippen molar-refractivity contribution >= 4 is 17.6 Å². The van der Waals surface area contributed by atoms with E-state index in [1.807, 2.05) is 29.2 Å². The standard InChI is InChI=1S/C22H26N4O3/c1-29-18-7-4-6-17(16-18)21(27)25-12-14-26(15-13-25)22(28)19-8-5-9-23-20(19)24-10-2-3-11-24/h4-9,16H,2-3,10-15H2,1H3. The van der Waals surface area contributed by atoms with Gasteiger partial charge in [0.1, 0.15) is 11.6 Å². The lowest BCUT2D eigenvalue weighted by Gasteiger charge is -2.35. The summed E-state index contributed by atoms with van der Waals surface area (Å²) in [5.41, 5.74) is 1.26. The summed E-state index contributed by atoms with van der Waals surface area (Å²) in [6, 6.07) is 10.8. The van der Waals surface area contributed by atoms with Crippen molar-refractivity contribution in [3.63, 3.8) is 0 Å². The third-order valence-electron chi connectivity index (χ3n) is 5.59. The van der Waals surface area contributed by atoms with E-state index in [-0.39, 0.29) is 11.8 Å². The van der Waals surface area contributed by atoms with Gasteiger partial charge in [-0.15, -0.1) is 0 Å². The van der Waals surface area contributed by atoms with Crippen LogP contribution in [0.5, 0.6) is 5.75 Å². The molecule has 0 N–H and O–H groups in total. The van der Waals surface area contributed by atoms with Gasteiger partial charge in [0.05, 0.1) is 12.7 Å². The predicted octanol–water partition coefficient (Wildman–Crippen LogP) is 2.29. The first kappa shape index (κ1) is 19.2. The maximum absolute atomic E-state index is 13.1. The number of methoxy groups -OCH3 is 1. The van der Waals surface area contributed by atoms with Gasteiger partial charge < -0.3 is 19.4 Å². The van der Waals surface area contributed by atoms with Gasteiger partial charge in [-0.2, -0.15) is 0 Å². The predicted molar refractivity (Wildman–Crippen MR) is 110 cm³/mol. The van der Waals surface area contributed by atoms with Gasteiger partial charge >= 0.3 is 0 Å². The number of piperazine rings is 1. The third kappa shape index (κ3) is 4.04. The van der Waals surface area contributed by atoms with Crippen LogP contribution >= 0.6 is 0 Å². The highest BCUT2D eigenvalue weighted by Crippen LogP contribution is 2.24. The minimum absolute atomic E-state index is 0.00604. The highest BCUT2D eigenvalue weighted by Gasteiger charge is 2.28. The van der Waals surface area contributed by atoms with Crippen molar-refractivity contribution < 1.29 is 14.3 Å². The lowest BCUT2D eigenvalue weighted by molar-refractivity contribution is 0.0535. The normalized spacial score (nSPS) is 16.8. The van der Waals surface area contributed by atoms with E-state index in [4.69, 9.17) is 4.74 Å². The van der Waals surface area contributed by atoms with Crippen LogP contribution in [0.3, 0.4) is 0 Å². The fraction of sp³-hybridized carbons (Fsp3) is 0.409. The molecule has 2 fully saturated rings. The van der Waals surface area contributed by atoms with Gasteiger partial charge in [0.25, 0.3) is 11.8 Å². The highest BCUT2D eigenvalue weighted by atomic mass is 16.5. The van der Waals surface area contributed by atoms with Crippen LogP contribution in [0.4, 0.5) is 5.82 Å². The number of aromatic nitrogens is 1. The number of nitrogens with zero attached hydrogens (tertiary/aromatic N) is 4. The second kappa shape index (κ2) is 8.51. The summed E-state index contributed by atoms with van der Waals surface area (Å²) >= 11 is 0. The molecule has 0 saturated carbocycles. The van der Waals surface area contributed by atoms with Crippen molar-refractivity contribution in [2.45, 2.75) is 12.8 Å². The Bertz CT molecular complexity index is 887. The van der Waals surface area contributed by atoms with Gasteiger partial charge in [-0.1, -0.05) is 6.07 Å². The van der Waals surface area contributed by atoms with E-state index in [9.17, 15) is 9.59 Å². The topological polar surface area (TPSA) is 66.0 Å². The van der Waals surface area contributed by atoms with Crippen molar-refractivity contribution in [3.05, 3.63) is 53.7 Å². The Morgan fingerprint density at radius 3 is 2.28 bits per heavy atom. The molecule has 0 radical (unpaired) electrons. The Kier molecular flexibility index (Phi) is 5.64. The monoisotopic (exact) mass is 394 g/mol. The van der Waals surface area contributed by atoms with Gasteiger partial charge in [0.2, 0.25) is 0 Å². The Morgan fingerprint density at radius 1 is 0.897 bits per heavy atom. The smallest absolute Gasteiger partial charge is 0.257 e. The number of anilines is 1. The maximum Gasteiger partial charge on any atom is 0.257 e. The van der Waals surface area contributed by atoms with Crippen LogP contribution in [-0.2, 0) is 0 Å². The average Bonchev–Trinajstić information content (AvgIpc) is 3.33. The first-order chi connectivity index (χ1) is 14.2. The number of hydrogen-bond donors (Lipinski definition) is 0. The summed E-state index contributed by atoms with van der Waals surface area (Å²) in [6.07, 6.45) is 4.01. The van der Waals surface area contributed by atoms with E-state index in [1.165, 1.54) is 0 Å². The van der Waals surface area contributed by atoms with Crippen molar-refractivity contribution in [2.75, 3.05) is 51.3 Å². The van der Waals surface area contributed by atoms with Gasteiger partial charge in [-0.25, -0.2) is 4.98 Å². The molecule has 2 saturated heterocycles. The van der Waals surface area contributed by atoms with Crippen molar-refractivity contribution in [2.24, 2.45) is 0 Å². The van der Waals surface area contributed by atoms with Gasteiger partial charge in [0, 0.05) is 51.0 Å². The molecule has 0 unspecified atom stereocenters. The molecule has 152 valence electrons. The first-order valence-corrected chi connectivity index (χ1v) is 10.1. The van der Waals surface area contributed by atoms with Crippen molar-refractivity contribution in [3.8, 4) is 5.75 Å². The summed E-state index contributed by atoms with van der Waals surface area (Å²) in [5, 5.41) is 0. The number of carbonyl (C=O) groups is 2. The molecule has 0 bridgehead atoms. The average molecular weight is 394 g/mol. The van der Waals surface area contributed by atoms with Crippen LogP contribution in [0.25, 0.3) is 0 Å². The quantitative estimate of drug-likeness (QED) is 0.796. The van der Waals surface area contributed by atoms with E-state index >= 15 is 0 Å². The van der Waals surface area contributed by atoms with Crippen LogP contribution in [0, 0.1) is 0 Å². The molecular formula is C22H26N4O3. The second-order valence-corrected chi connectivity index (χ2v) is 7.39. The Balaban J connectivity index is 1.42. The second-order valence-electron chi connectivity index (χ2n) is 7.39. The van der Waals surface area contributed by atoms with Crippen LogP contribution in [-0.4, -0.2) is 73.0 Å². The molecule has 4 rings (SSSR count). The molecule has 7 nitrogen and oxygen atoms in total. The molecule has 3 heterocycles. The fourth-order valence-corrected chi connectivity index (χ4v) is 3.97. The molecule has 2 aliphatic rings. The van der Waals surface area contributed by atoms with Crippen LogP contribution < -0.4 is 9.64 Å². The van der Waals surface area contributed by atoms with Gasteiger partial charge in [-0.3, -0.25) is 9.59 Å². The molecule has 1 aromatic heterocycles. The van der Waals surface area contributed by atoms with Crippen LogP contribution in [0.2, 0.25) is 0 Å². The highest BCUT2D eigenvalue weighted by molar-refractivity contribution is 5.99. The number of pyridine rings is 1. The minimum Gasteiger partial charge on any atom is -0.497 e. The molecule has 0 aliphatic carbocycles. The maximum atomic E-state index is 13.1. The van der Waals surface area contributed by atoms with Crippen molar-refractivity contribution in [1.29, 1.82) is 0 Å². The molecule has 0 atom stereocenters. The summed E-state index contributed by atoms with van der Waals surface area (Å²) in [6.45, 7) is 3.95. The lowest BCUT2D eigenvalue weighted by atomic mass is 10.1. The Labute approximate surface area is 170 Å². The lowest BCUT2D eigenvalue weighted by Crippen LogP contribution is -2.50. The van der Waals surface area contributed by atoms with E-state index in [0.29, 0.717) is 43.1 Å². The first-order valence-electron chi connectivity index (χ1n) is 10.1. The van der Waals surface area contributed by atoms with Crippen LogP contribution in [0.15, 0.2) is 42.6 Å². The zero-order chi connectivity index (χ0) is 20.2. The largest absolute Gasteiger partial charge is 0.497 e. The number of ether oxygens (including phenoxy) is 1. The Hall–Kier alpha value is -3.09.